The maximum absolute atomic E-state index is 12.9. The highest BCUT2D eigenvalue weighted by molar-refractivity contribution is 7.14. The zero-order valence-corrected chi connectivity index (χ0v) is 15.6. The van der Waals surface area contributed by atoms with Gasteiger partial charge in [0.15, 0.2) is 0 Å². The fourth-order valence-electron chi connectivity index (χ4n) is 2.79. The number of aromatic amines is 1. The lowest BCUT2D eigenvalue weighted by molar-refractivity contribution is -0.141. The normalized spacial score (nSPS) is 11.6. The van der Waals surface area contributed by atoms with Crippen molar-refractivity contribution in [3.63, 3.8) is 0 Å². The predicted octanol–water partition coefficient (Wildman–Crippen LogP) is 6.33. The maximum atomic E-state index is 12.9. The highest BCUT2D eigenvalue weighted by atomic mass is 32.1. The number of alkyl halides is 3. The van der Waals surface area contributed by atoms with Gasteiger partial charge in [0.2, 0.25) is 0 Å². The van der Waals surface area contributed by atoms with Crippen LogP contribution in [0, 0.1) is 6.92 Å². The predicted molar refractivity (Wildman–Crippen MR) is 104 cm³/mol. The monoisotopic (exact) mass is 400 g/mol. The Morgan fingerprint density at radius 2 is 1.75 bits per heavy atom. The van der Waals surface area contributed by atoms with Crippen LogP contribution in [-0.4, -0.2) is 15.2 Å². The molecule has 4 aromatic rings. The van der Waals surface area contributed by atoms with Crippen molar-refractivity contribution in [2.24, 2.45) is 0 Å². The van der Waals surface area contributed by atoms with Crippen LogP contribution in [0.4, 0.5) is 29.5 Å². The van der Waals surface area contributed by atoms with Gasteiger partial charge in [-0.2, -0.15) is 18.3 Å². The average Bonchev–Trinajstić information content (AvgIpc) is 3.36. The van der Waals surface area contributed by atoms with Gasteiger partial charge in [0, 0.05) is 11.9 Å². The van der Waals surface area contributed by atoms with E-state index in [1.54, 1.807) is 23.6 Å². The Bertz CT molecular complexity index is 1070. The summed E-state index contributed by atoms with van der Waals surface area (Å²) < 4.78 is 38.6. The molecule has 0 aliphatic heterocycles. The molecule has 0 fully saturated rings. The van der Waals surface area contributed by atoms with Crippen LogP contribution in [0.15, 0.2) is 66.2 Å². The van der Waals surface area contributed by atoms with Crippen molar-refractivity contribution in [1.82, 2.24) is 15.2 Å². The molecular weight excluding hydrogens is 385 g/mol. The number of thiophene rings is 1. The van der Waals surface area contributed by atoms with Crippen molar-refractivity contribution in [1.29, 1.82) is 0 Å². The molecule has 0 radical (unpaired) electrons. The Balaban J connectivity index is 1.77. The summed E-state index contributed by atoms with van der Waals surface area (Å²) in [6.45, 7) is 2.01. The second kappa shape index (κ2) is 7.12. The number of rotatable bonds is 4. The molecule has 1 N–H and O–H groups in total. The van der Waals surface area contributed by atoms with E-state index in [1.165, 1.54) is 0 Å². The Morgan fingerprint density at radius 1 is 0.964 bits per heavy atom. The van der Waals surface area contributed by atoms with E-state index in [1.807, 2.05) is 64.8 Å². The molecule has 1 aromatic carbocycles. The van der Waals surface area contributed by atoms with Crippen molar-refractivity contribution in [3.8, 4) is 11.4 Å². The van der Waals surface area contributed by atoms with Gasteiger partial charge >= 0.3 is 6.18 Å². The fraction of sp³-hybridized carbons (Fsp3) is 0.100. The average molecular weight is 400 g/mol. The molecule has 3 aromatic heterocycles. The van der Waals surface area contributed by atoms with E-state index >= 15 is 0 Å². The highest BCUT2D eigenvalue weighted by Crippen LogP contribution is 2.38. The number of nitrogens with zero attached hydrogens (tertiary/aromatic N) is 3. The largest absolute Gasteiger partial charge is 0.432 e. The van der Waals surface area contributed by atoms with E-state index < -0.39 is 11.9 Å². The van der Waals surface area contributed by atoms with Gasteiger partial charge in [0.25, 0.3) is 0 Å². The Morgan fingerprint density at radius 3 is 2.39 bits per heavy atom. The maximum Gasteiger partial charge on any atom is 0.432 e. The van der Waals surface area contributed by atoms with Crippen molar-refractivity contribution in [2.45, 2.75) is 13.1 Å². The first-order valence-corrected chi connectivity index (χ1v) is 9.29. The van der Waals surface area contributed by atoms with Gasteiger partial charge in [-0.1, -0.05) is 17.7 Å². The van der Waals surface area contributed by atoms with Gasteiger partial charge in [0.05, 0.1) is 16.4 Å². The number of aromatic nitrogens is 3. The lowest BCUT2D eigenvalue weighted by atomic mass is 10.2. The summed E-state index contributed by atoms with van der Waals surface area (Å²) in [5.41, 5.74) is 2.48. The first-order chi connectivity index (χ1) is 13.4. The number of hydrogen-bond acceptors (Lipinski definition) is 4. The molecule has 0 atom stereocenters. The number of hydrogen-bond donors (Lipinski definition) is 1. The summed E-state index contributed by atoms with van der Waals surface area (Å²) in [5.74, 6) is 0. The third-order valence-electron chi connectivity index (χ3n) is 4.17. The summed E-state index contributed by atoms with van der Waals surface area (Å²) in [6, 6.07) is 16.5. The molecule has 0 saturated heterocycles. The minimum Gasteiger partial charge on any atom is -0.302 e. The first kappa shape index (κ1) is 18.2. The van der Waals surface area contributed by atoms with Gasteiger partial charge in [-0.15, -0.1) is 11.3 Å². The zero-order valence-electron chi connectivity index (χ0n) is 14.7. The van der Waals surface area contributed by atoms with Crippen molar-refractivity contribution in [3.05, 3.63) is 77.4 Å². The van der Waals surface area contributed by atoms with Gasteiger partial charge in [0.1, 0.15) is 11.4 Å². The zero-order chi connectivity index (χ0) is 19.7. The molecule has 4 rings (SSSR count). The van der Waals surface area contributed by atoms with Crippen molar-refractivity contribution >= 4 is 27.7 Å². The molecular formula is C20H15F3N4S. The summed E-state index contributed by atoms with van der Waals surface area (Å²) in [6.07, 6.45) is -2.91. The van der Waals surface area contributed by atoms with Crippen LogP contribution in [-0.2, 0) is 6.18 Å². The lowest BCUT2D eigenvalue weighted by Crippen LogP contribution is -2.08. The number of aryl methyl sites for hydroxylation is 1. The summed E-state index contributed by atoms with van der Waals surface area (Å²) in [5, 5.41) is 8.77. The van der Waals surface area contributed by atoms with Crippen LogP contribution in [0.2, 0.25) is 0 Å². The fourth-order valence-corrected chi connectivity index (χ4v) is 3.56. The molecule has 0 unspecified atom stereocenters. The Hall–Kier alpha value is -3.13. The quantitative estimate of drug-likeness (QED) is 0.435. The minimum atomic E-state index is -4.48. The van der Waals surface area contributed by atoms with E-state index in [9.17, 15) is 13.2 Å². The second-order valence-corrected chi connectivity index (χ2v) is 7.11. The van der Waals surface area contributed by atoms with Gasteiger partial charge in [-0.05, 0) is 54.8 Å². The summed E-state index contributed by atoms with van der Waals surface area (Å²) in [7, 11) is 0. The van der Waals surface area contributed by atoms with E-state index in [2.05, 4.69) is 10.1 Å². The standard InChI is InChI=1S/C20H15F3N4S/c1-13-4-6-14(7-5-13)27(19-3-2-10-28-19)15-8-9-24-16(11-15)17-12-18(26-25-17)20(21,22)23/h2-12H,1H3,(H,25,26). The van der Waals surface area contributed by atoms with Gasteiger partial charge in [-0.25, -0.2) is 0 Å². The van der Waals surface area contributed by atoms with Crippen molar-refractivity contribution < 1.29 is 13.2 Å². The van der Waals surface area contributed by atoms with Crippen LogP contribution in [0.3, 0.4) is 0 Å². The molecule has 4 nitrogen and oxygen atoms in total. The number of halogens is 3. The lowest BCUT2D eigenvalue weighted by Gasteiger charge is -2.23. The molecule has 142 valence electrons. The molecule has 0 aliphatic rings. The highest BCUT2D eigenvalue weighted by Gasteiger charge is 2.33. The molecule has 0 bridgehead atoms. The van der Waals surface area contributed by atoms with Crippen LogP contribution in [0.1, 0.15) is 11.3 Å². The first-order valence-electron chi connectivity index (χ1n) is 8.41. The molecule has 8 heteroatoms. The van der Waals surface area contributed by atoms with Gasteiger partial charge < -0.3 is 4.90 Å². The van der Waals surface area contributed by atoms with Crippen LogP contribution < -0.4 is 4.90 Å². The molecule has 0 saturated carbocycles. The number of H-pyrrole nitrogens is 1. The molecule has 0 spiro atoms. The van der Waals surface area contributed by atoms with E-state index in [0.717, 1.165) is 28.0 Å². The van der Waals surface area contributed by atoms with Gasteiger partial charge in [-0.3, -0.25) is 10.1 Å². The SMILES string of the molecule is Cc1ccc(N(c2ccnc(-c3cc(C(F)(F)F)[nH]n3)c2)c2cccs2)cc1. The summed E-state index contributed by atoms with van der Waals surface area (Å²) >= 11 is 1.57. The molecule has 0 aliphatic carbocycles. The third-order valence-corrected chi connectivity index (χ3v) is 5.02. The smallest absolute Gasteiger partial charge is 0.302 e. The second-order valence-electron chi connectivity index (χ2n) is 6.19. The third kappa shape index (κ3) is 3.63. The minimum absolute atomic E-state index is 0.143. The molecule has 3 heterocycles. The Kier molecular flexibility index (Phi) is 4.64. The van der Waals surface area contributed by atoms with E-state index in [0.29, 0.717) is 5.69 Å². The van der Waals surface area contributed by atoms with Crippen LogP contribution in [0.25, 0.3) is 11.4 Å². The number of nitrogens with one attached hydrogen (secondary N) is 1. The van der Waals surface area contributed by atoms with Crippen molar-refractivity contribution in [2.75, 3.05) is 4.90 Å². The number of pyridine rings is 1. The topological polar surface area (TPSA) is 44.8 Å². The molecule has 28 heavy (non-hydrogen) atoms. The number of anilines is 3. The van der Waals surface area contributed by atoms with Crippen LogP contribution >= 0.6 is 11.3 Å². The Labute approximate surface area is 163 Å². The van der Waals surface area contributed by atoms with E-state index in [-0.39, 0.29) is 5.69 Å². The van der Waals surface area contributed by atoms with E-state index in [4.69, 9.17) is 0 Å². The van der Waals surface area contributed by atoms with Crippen LogP contribution in [0.5, 0.6) is 0 Å². The summed E-state index contributed by atoms with van der Waals surface area (Å²) in [4.78, 5) is 6.24. The number of benzene rings is 1. The molecule has 0 amide bonds.